The van der Waals surface area contributed by atoms with Gasteiger partial charge < -0.3 is 0 Å². The third-order valence-corrected chi connectivity index (χ3v) is 4.18. The van der Waals surface area contributed by atoms with Gasteiger partial charge in [-0.3, -0.25) is 4.79 Å². The van der Waals surface area contributed by atoms with Crippen LogP contribution in [0.1, 0.15) is 21.5 Å². The Kier molecular flexibility index (Phi) is 3.72. The predicted octanol–water partition coefficient (Wildman–Crippen LogP) is 1.99. The minimum atomic E-state index is -0.416. The Balaban J connectivity index is 1.89. The molecule has 1 aromatic carbocycles. The van der Waals surface area contributed by atoms with Gasteiger partial charge in [0.2, 0.25) is 0 Å². The second-order valence-electron chi connectivity index (χ2n) is 5.02. The van der Waals surface area contributed by atoms with E-state index in [2.05, 4.69) is 10.4 Å². The lowest BCUT2D eigenvalue weighted by atomic mass is 10.0. The van der Waals surface area contributed by atoms with Crippen molar-refractivity contribution in [2.75, 3.05) is 0 Å². The molecular formula is C15H14N4O2S. The lowest BCUT2D eigenvalue weighted by Gasteiger charge is -2.05. The van der Waals surface area contributed by atoms with Crippen molar-refractivity contribution in [2.24, 2.45) is 0 Å². The molecule has 0 unspecified atom stereocenters. The third-order valence-electron chi connectivity index (χ3n) is 3.34. The highest BCUT2D eigenvalue weighted by molar-refractivity contribution is 7.12. The van der Waals surface area contributed by atoms with Crippen molar-refractivity contribution in [3.05, 3.63) is 62.9 Å². The third kappa shape index (κ3) is 2.62. The minimum Gasteiger partial charge on any atom is -0.292 e. The molecule has 0 saturated heterocycles. The quantitative estimate of drug-likeness (QED) is 0.691. The van der Waals surface area contributed by atoms with E-state index in [9.17, 15) is 9.59 Å². The Morgan fingerprint density at radius 1 is 1.23 bits per heavy atom. The van der Waals surface area contributed by atoms with E-state index in [1.54, 1.807) is 6.07 Å². The van der Waals surface area contributed by atoms with Crippen molar-refractivity contribution in [3.8, 4) is 5.00 Å². The molecule has 2 heterocycles. The molecule has 6 nitrogen and oxygen atoms in total. The summed E-state index contributed by atoms with van der Waals surface area (Å²) in [5.74, 6) is -0.151. The van der Waals surface area contributed by atoms with E-state index in [4.69, 9.17) is 0 Å². The molecular weight excluding hydrogens is 300 g/mol. The average Bonchev–Trinajstić information content (AvgIpc) is 3.12. The Labute approximate surface area is 130 Å². The molecule has 3 aromatic rings. The minimum absolute atomic E-state index is 0.117. The zero-order chi connectivity index (χ0) is 15.7. The van der Waals surface area contributed by atoms with Gasteiger partial charge in [-0.25, -0.2) is 4.79 Å². The number of aromatic nitrogens is 4. The van der Waals surface area contributed by atoms with Crippen molar-refractivity contribution in [1.29, 1.82) is 0 Å². The van der Waals surface area contributed by atoms with Gasteiger partial charge in [0.1, 0.15) is 11.5 Å². The second kappa shape index (κ2) is 5.69. The van der Waals surface area contributed by atoms with Gasteiger partial charge in [0.25, 0.3) is 0 Å². The van der Waals surface area contributed by atoms with Crippen LogP contribution in [0, 0.1) is 13.8 Å². The highest BCUT2D eigenvalue weighted by atomic mass is 32.1. The van der Waals surface area contributed by atoms with Crippen LogP contribution < -0.4 is 5.69 Å². The van der Waals surface area contributed by atoms with Crippen LogP contribution >= 0.6 is 11.3 Å². The normalized spacial score (nSPS) is 10.8. The monoisotopic (exact) mass is 314 g/mol. The Morgan fingerprint density at radius 3 is 2.77 bits per heavy atom. The summed E-state index contributed by atoms with van der Waals surface area (Å²) in [5.41, 5.74) is 2.08. The number of aryl methyl sites for hydroxylation is 2. The van der Waals surface area contributed by atoms with Crippen LogP contribution in [-0.2, 0) is 6.54 Å². The molecule has 22 heavy (non-hydrogen) atoms. The van der Waals surface area contributed by atoms with Crippen LogP contribution in [0.25, 0.3) is 5.00 Å². The van der Waals surface area contributed by atoms with Crippen LogP contribution in [0.5, 0.6) is 0 Å². The molecule has 0 N–H and O–H groups in total. The standard InChI is InChI=1S/C15H14N4O2S/c1-10-5-6-11(2)12(8-10)13(20)9-18-15(21)19(17-16-18)14-4-3-7-22-14/h3-8H,9H2,1-2H3. The maximum atomic E-state index is 12.4. The van der Waals surface area contributed by atoms with E-state index in [1.807, 2.05) is 43.5 Å². The number of benzene rings is 1. The SMILES string of the molecule is Cc1ccc(C)c(C(=O)Cn2nnn(-c3cccs3)c2=O)c1. The van der Waals surface area contributed by atoms with Crippen LogP contribution in [0.3, 0.4) is 0 Å². The largest absolute Gasteiger partial charge is 0.369 e. The first-order chi connectivity index (χ1) is 10.6. The summed E-state index contributed by atoms with van der Waals surface area (Å²) in [6.07, 6.45) is 0. The molecule has 0 aliphatic rings. The molecule has 0 aliphatic carbocycles. The molecule has 0 spiro atoms. The number of tetrazole rings is 1. The molecule has 0 aliphatic heterocycles. The molecule has 2 aromatic heterocycles. The number of nitrogens with zero attached hydrogens (tertiary/aromatic N) is 4. The summed E-state index contributed by atoms with van der Waals surface area (Å²) in [5, 5.41) is 10.1. The summed E-state index contributed by atoms with van der Waals surface area (Å²) < 4.78 is 2.28. The highest BCUT2D eigenvalue weighted by Crippen LogP contribution is 2.13. The van der Waals surface area contributed by atoms with Crippen molar-refractivity contribution < 1.29 is 4.79 Å². The maximum Gasteiger partial charge on any atom is 0.369 e. The maximum absolute atomic E-state index is 12.4. The van der Waals surface area contributed by atoms with Gasteiger partial charge >= 0.3 is 5.69 Å². The topological polar surface area (TPSA) is 69.8 Å². The molecule has 0 atom stereocenters. The summed E-state index contributed by atoms with van der Waals surface area (Å²) in [4.78, 5) is 24.6. The van der Waals surface area contributed by atoms with Gasteiger partial charge in [0, 0.05) is 5.56 Å². The van der Waals surface area contributed by atoms with Crippen LogP contribution in [0.15, 0.2) is 40.5 Å². The number of hydrogen-bond donors (Lipinski definition) is 0. The summed E-state index contributed by atoms with van der Waals surface area (Å²) in [6.45, 7) is 3.68. The summed E-state index contributed by atoms with van der Waals surface area (Å²) >= 11 is 1.39. The summed E-state index contributed by atoms with van der Waals surface area (Å²) in [7, 11) is 0. The fraction of sp³-hybridized carbons (Fsp3) is 0.200. The second-order valence-corrected chi connectivity index (χ2v) is 5.95. The van der Waals surface area contributed by atoms with Crippen molar-refractivity contribution in [1.82, 2.24) is 19.8 Å². The first-order valence-corrected chi connectivity index (χ1v) is 7.61. The van der Waals surface area contributed by atoms with E-state index in [0.717, 1.165) is 15.8 Å². The number of carbonyl (C=O) groups excluding carboxylic acids is 1. The van der Waals surface area contributed by atoms with Crippen molar-refractivity contribution in [2.45, 2.75) is 20.4 Å². The van der Waals surface area contributed by atoms with E-state index in [0.29, 0.717) is 10.6 Å². The Hall–Kier alpha value is -2.54. The molecule has 0 bridgehead atoms. The van der Waals surface area contributed by atoms with Gasteiger partial charge in [0.15, 0.2) is 5.78 Å². The molecule has 0 fully saturated rings. The number of carbonyl (C=O) groups is 1. The number of rotatable bonds is 4. The summed E-state index contributed by atoms with van der Waals surface area (Å²) in [6, 6.07) is 9.27. The van der Waals surface area contributed by atoms with Gasteiger partial charge in [-0.2, -0.15) is 9.36 Å². The molecule has 0 radical (unpaired) electrons. The smallest absolute Gasteiger partial charge is 0.292 e. The first kappa shape index (κ1) is 14.4. The predicted molar refractivity (Wildman–Crippen MR) is 83.7 cm³/mol. The van der Waals surface area contributed by atoms with Crippen molar-refractivity contribution >= 4 is 17.1 Å². The molecule has 0 amide bonds. The average molecular weight is 314 g/mol. The lowest BCUT2D eigenvalue weighted by Crippen LogP contribution is -2.27. The fourth-order valence-corrected chi connectivity index (χ4v) is 2.83. The van der Waals surface area contributed by atoms with E-state index in [1.165, 1.54) is 16.0 Å². The fourth-order valence-electron chi connectivity index (χ4n) is 2.16. The first-order valence-electron chi connectivity index (χ1n) is 6.73. The molecule has 3 rings (SSSR count). The Morgan fingerprint density at radius 2 is 2.05 bits per heavy atom. The van der Waals surface area contributed by atoms with Gasteiger partial charge in [-0.15, -0.1) is 11.3 Å². The number of ketones is 1. The highest BCUT2D eigenvalue weighted by Gasteiger charge is 2.15. The van der Waals surface area contributed by atoms with E-state index < -0.39 is 5.69 Å². The zero-order valence-electron chi connectivity index (χ0n) is 12.2. The van der Waals surface area contributed by atoms with Gasteiger partial charge in [0.05, 0.1) is 0 Å². The Bertz CT molecular complexity index is 877. The molecule has 112 valence electrons. The van der Waals surface area contributed by atoms with Gasteiger partial charge in [-0.05, 0) is 53.4 Å². The van der Waals surface area contributed by atoms with Crippen LogP contribution in [0.4, 0.5) is 0 Å². The zero-order valence-corrected chi connectivity index (χ0v) is 13.0. The molecule has 7 heteroatoms. The van der Waals surface area contributed by atoms with Crippen molar-refractivity contribution in [3.63, 3.8) is 0 Å². The van der Waals surface area contributed by atoms with Crippen LogP contribution in [0.2, 0.25) is 0 Å². The van der Waals surface area contributed by atoms with E-state index >= 15 is 0 Å². The number of hydrogen-bond acceptors (Lipinski definition) is 5. The molecule has 0 saturated carbocycles. The lowest BCUT2D eigenvalue weighted by molar-refractivity contribution is 0.0965. The van der Waals surface area contributed by atoms with Gasteiger partial charge in [-0.1, -0.05) is 17.7 Å². The van der Waals surface area contributed by atoms with Crippen LogP contribution in [-0.4, -0.2) is 25.6 Å². The number of Topliss-reactive ketones (excluding diaryl/α,β-unsaturated/α-hetero) is 1. The number of thiophene rings is 1. The van der Waals surface area contributed by atoms with E-state index in [-0.39, 0.29) is 12.3 Å².